The molecule has 0 spiro atoms. The zero-order valence-corrected chi connectivity index (χ0v) is 12.8. The minimum Gasteiger partial charge on any atom is -0.317 e. The number of aromatic nitrogens is 2. The van der Waals surface area contributed by atoms with Crippen LogP contribution in [0.5, 0.6) is 0 Å². The molecule has 0 bridgehead atoms. The third kappa shape index (κ3) is 2.21. The van der Waals surface area contributed by atoms with Gasteiger partial charge in [-0.25, -0.2) is 9.88 Å². The number of rotatable bonds is 2. The van der Waals surface area contributed by atoms with Crippen LogP contribution >= 0.6 is 11.6 Å². The Hall–Kier alpha value is -2.66. The first-order valence-electron chi connectivity index (χ1n) is 7.19. The van der Waals surface area contributed by atoms with Crippen LogP contribution in [0.2, 0.25) is 5.02 Å². The molecule has 114 valence electrons. The molecule has 2 amide bonds. The number of benzene rings is 2. The first kappa shape index (κ1) is 14.0. The molecule has 1 fully saturated rings. The maximum absolute atomic E-state index is 12.8. The van der Waals surface area contributed by atoms with Crippen LogP contribution in [0.3, 0.4) is 0 Å². The molecule has 3 aromatic rings. The molecule has 0 N–H and O–H groups in total. The zero-order valence-electron chi connectivity index (χ0n) is 12.0. The number of carbonyl (C=O) groups excluding carboxylic acids is 2. The van der Waals surface area contributed by atoms with Gasteiger partial charge in [0.2, 0.25) is 5.91 Å². The molecule has 5 nitrogen and oxygen atoms in total. The van der Waals surface area contributed by atoms with Crippen LogP contribution in [-0.4, -0.2) is 21.4 Å². The third-order valence-electron chi connectivity index (χ3n) is 4.01. The van der Waals surface area contributed by atoms with Crippen molar-refractivity contribution in [3.63, 3.8) is 0 Å². The summed E-state index contributed by atoms with van der Waals surface area (Å²) in [5, 5.41) is 0.486. The van der Waals surface area contributed by atoms with E-state index in [1.165, 1.54) is 4.90 Å². The molecule has 0 radical (unpaired) electrons. The largest absolute Gasteiger partial charge is 0.317 e. The van der Waals surface area contributed by atoms with E-state index in [0.29, 0.717) is 10.7 Å². The summed E-state index contributed by atoms with van der Waals surface area (Å²) in [5.74, 6) is -0.500. The molecule has 0 unspecified atom stereocenters. The van der Waals surface area contributed by atoms with Crippen molar-refractivity contribution in [3.05, 3.63) is 59.9 Å². The lowest BCUT2D eigenvalue weighted by molar-refractivity contribution is -0.122. The Morgan fingerprint density at radius 3 is 2.74 bits per heavy atom. The Labute approximate surface area is 137 Å². The van der Waals surface area contributed by atoms with Gasteiger partial charge in [0.15, 0.2) is 0 Å². The molecule has 1 aliphatic heterocycles. The van der Waals surface area contributed by atoms with Crippen LogP contribution in [-0.2, 0) is 9.59 Å². The van der Waals surface area contributed by atoms with E-state index in [1.54, 1.807) is 35.2 Å². The molecule has 1 aromatic heterocycles. The molecule has 2 heterocycles. The number of para-hydroxylation sites is 2. The summed E-state index contributed by atoms with van der Waals surface area (Å²) >= 11 is 5.97. The van der Waals surface area contributed by atoms with Gasteiger partial charge in [-0.15, -0.1) is 0 Å². The fourth-order valence-electron chi connectivity index (χ4n) is 2.95. The molecule has 0 saturated carbocycles. The van der Waals surface area contributed by atoms with E-state index >= 15 is 0 Å². The molecule has 1 atom stereocenters. The minimum atomic E-state index is -0.575. The van der Waals surface area contributed by atoms with E-state index < -0.39 is 6.04 Å². The van der Waals surface area contributed by atoms with Gasteiger partial charge in [0.05, 0.1) is 29.5 Å². The molecule has 4 rings (SSSR count). The number of hydrogen-bond acceptors (Lipinski definition) is 3. The fraction of sp³-hybridized carbons (Fsp3) is 0.118. The molecule has 0 aliphatic carbocycles. The monoisotopic (exact) mass is 325 g/mol. The van der Waals surface area contributed by atoms with Gasteiger partial charge in [-0.3, -0.25) is 9.59 Å². The van der Waals surface area contributed by atoms with Crippen molar-refractivity contribution in [2.45, 2.75) is 12.5 Å². The van der Waals surface area contributed by atoms with Crippen molar-refractivity contribution >= 4 is 40.1 Å². The number of halogens is 1. The Morgan fingerprint density at radius 1 is 1.09 bits per heavy atom. The van der Waals surface area contributed by atoms with Gasteiger partial charge in [0.25, 0.3) is 5.91 Å². The number of anilines is 1. The van der Waals surface area contributed by atoms with E-state index in [4.69, 9.17) is 11.6 Å². The van der Waals surface area contributed by atoms with Gasteiger partial charge in [-0.2, -0.15) is 0 Å². The smallest absolute Gasteiger partial charge is 0.257 e. The second-order valence-electron chi connectivity index (χ2n) is 5.41. The summed E-state index contributed by atoms with van der Waals surface area (Å²) in [5.41, 5.74) is 2.14. The van der Waals surface area contributed by atoms with E-state index in [1.807, 2.05) is 24.3 Å². The summed E-state index contributed by atoms with van der Waals surface area (Å²) in [6.45, 7) is 0. The average Bonchev–Trinajstić information content (AvgIpc) is 3.08. The van der Waals surface area contributed by atoms with Crippen LogP contribution in [0.25, 0.3) is 11.0 Å². The molecule has 6 heteroatoms. The number of fused-ring (bicyclic) bond motifs is 1. The summed E-state index contributed by atoms with van der Waals surface area (Å²) in [6.07, 6.45) is 1.73. The predicted octanol–water partition coefficient (Wildman–Crippen LogP) is 3.19. The quantitative estimate of drug-likeness (QED) is 0.680. The van der Waals surface area contributed by atoms with E-state index in [-0.39, 0.29) is 18.2 Å². The number of nitrogens with zero attached hydrogens (tertiary/aromatic N) is 3. The van der Waals surface area contributed by atoms with Crippen LogP contribution in [0.15, 0.2) is 54.9 Å². The molecule has 23 heavy (non-hydrogen) atoms. The highest BCUT2D eigenvalue weighted by Crippen LogP contribution is 2.32. The zero-order chi connectivity index (χ0) is 16.0. The highest BCUT2D eigenvalue weighted by atomic mass is 35.5. The topological polar surface area (TPSA) is 55.2 Å². The van der Waals surface area contributed by atoms with E-state index in [9.17, 15) is 9.59 Å². The van der Waals surface area contributed by atoms with Gasteiger partial charge in [-0.05, 0) is 30.3 Å². The number of imide groups is 1. The maximum atomic E-state index is 12.8. The van der Waals surface area contributed by atoms with E-state index in [2.05, 4.69) is 4.98 Å². The van der Waals surface area contributed by atoms with Gasteiger partial charge < -0.3 is 4.57 Å². The minimum absolute atomic E-state index is 0.117. The summed E-state index contributed by atoms with van der Waals surface area (Å²) in [4.78, 5) is 30.6. The van der Waals surface area contributed by atoms with E-state index in [0.717, 1.165) is 11.0 Å². The standard InChI is InChI=1S/C17H12ClN3O2/c18-11-4-3-5-12(8-11)21-16(22)9-15(17(21)23)20-10-19-13-6-1-2-7-14(13)20/h1-8,10,15H,9H2/t15-/m0/s1. The fourth-order valence-corrected chi connectivity index (χ4v) is 3.13. The van der Waals surface area contributed by atoms with Gasteiger partial charge >= 0.3 is 0 Å². The van der Waals surface area contributed by atoms with Crippen LogP contribution < -0.4 is 4.90 Å². The maximum Gasteiger partial charge on any atom is 0.257 e. The summed E-state index contributed by atoms with van der Waals surface area (Å²) in [7, 11) is 0. The lowest BCUT2D eigenvalue weighted by Gasteiger charge is -2.16. The Morgan fingerprint density at radius 2 is 1.91 bits per heavy atom. The molecule has 1 aliphatic rings. The van der Waals surface area contributed by atoms with Crippen LogP contribution in [0.4, 0.5) is 5.69 Å². The molecule has 2 aromatic carbocycles. The number of imidazole rings is 1. The summed E-state index contributed by atoms with van der Waals surface area (Å²) in [6, 6.07) is 13.7. The predicted molar refractivity (Wildman–Crippen MR) is 87.3 cm³/mol. The number of carbonyl (C=O) groups is 2. The number of hydrogen-bond donors (Lipinski definition) is 0. The highest BCUT2D eigenvalue weighted by molar-refractivity contribution is 6.31. The normalized spacial score (nSPS) is 18.1. The van der Waals surface area contributed by atoms with Crippen LogP contribution in [0.1, 0.15) is 12.5 Å². The first-order valence-corrected chi connectivity index (χ1v) is 7.57. The second-order valence-corrected chi connectivity index (χ2v) is 5.84. The molecule has 1 saturated heterocycles. The first-order chi connectivity index (χ1) is 11.1. The second kappa shape index (κ2) is 5.21. The van der Waals surface area contributed by atoms with Crippen molar-refractivity contribution in [2.24, 2.45) is 0 Å². The lowest BCUT2D eigenvalue weighted by Crippen LogP contribution is -2.31. The van der Waals surface area contributed by atoms with Gasteiger partial charge in [0.1, 0.15) is 6.04 Å². The average molecular weight is 326 g/mol. The van der Waals surface area contributed by atoms with Gasteiger partial charge in [0, 0.05) is 5.02 Å². The molecular formula is C17H12ClN3O2. The SMILES string of the molecule is O=C1C[C@H](n2cnc3ccccc32)C(=O)N1c1cccc(Cl)c1. The lowest BCUT2D eigenvalue weighted by atomic mass is 10.2. The Bertz CT molecular complexity index is 934. The Kier molecular flexibility index (Phi) is 3.16. The highest BCUT2D eigenvalue weighted by Gasteiger charge is 2.41. The van der Waals surface area contributed by atoms with Crippen molar-refractivity contribution in [1.29, 1.82) is 0 Å². The summed E-state index contributed by atoms with van der Waals surface area (Å²) < 4.78 is 1.76. The van der Waals surface area contributed by atoms with Crippen molar-refractivity contribution < 1.29 is 9.59 Å². The van der Waals surface area contributed by atoms with Crippen LogP contribution in [0, 0.1) is 0 Å². The third-order valence-corrected chi connectivity index (χ3v) is 4.24. The van der Waals surface area contributed by atoms with Crippen molar-refractivity contribution in [3.8, 4) is 0 Å². The van der Waals surface area contributed by atoms with Crippen molar-refractivity contribution in [2.75, 3.05) is 4.90 Å². The molecular weight excluding hydrogens is 314 g/mol. The number of amides is 2. The van der Waals surface area contributed by atoms with Crippen molar-refractivity contribution in [1.82, 2.24) is 9.55 Å². The van der Waals surface area contributed by atoms with Gasteiger partial charge in [-0.1, -0.05) is 29.8 Å². The Balaban J connectivity index is 1.75.